The topological polar surface area (TPSA) is 114 Å². The van der Waals surface area contributed by atoms with Crippen LogP contribution in [0.15, 0.2) is 24.3 Å². The molecule has 0 radical (unpaired) electrons. The first-order valence-electron chi connectivity index (χ1n) is 8.07. The molecule has 3 amide bonds. The lowest BCUT2D eigenvalue weighted by Gasteiger charge is -2.19. The maximum atomic E-state index is 12.2. The minimum atomic E-state index is -0.829. The van der Waals surface area contributed by atoms with Gasteiger partial charge < -0.3 is 14.8 Å². The first-order chi connectivity index (χ1) is 12.4. The Bertz CT molecular complexity index is 662. The average molecular weight is 365 g/mol. The minimum Gasteiger partial charge on any atom is -0.465 e. The molecule has 26 heavy (non-hydrogen) atoms. The first-order valence-corrected chi connectivity index (χ1v) is 8.07. The highest BCUT2D eigenvalue weighted by molar-refractivity contribution is 6.02. The van der Waals surface area contributed by atoms with E-state index in [0.717, 1.165) is 0 Å². The summed E-state index contributed by atoms with van der Waals surface area (Å²) < 4.78 is 9.29. The van der Waals surface area contributed by atoms with Gasteiger partial charge in [0.25, 0.3) is 0 Å². The molecule has 9 heteroatoms. The van der Waals surface area contributed by atoms with E-state index in [1.807, 2.05) is 0 Å². The number of methoxy groups -OCH3 is 1. The second-order valence-electron chi connectivity index (χ2n) is 5.16. The lowest BCUT2D eigenvalue weighted by molar-refractivity contribution is -0.122. The van der Waals surface area contributed by atoms with E-state index in [1.54, 1.807) is 32.0 Å². The number of anilines is 1. The molecule has 0 aliphatic carbocycles. The second-order valence-corrected chi connectivity index (χ2v) is 5.16. The third kappa shape index (κ3) is 6.89. The number of para-hydroxylation sites is 1. The normalized spacial score (nSPS) is 10.2. The van der Waals surface area contributed by atoms with Gasteiger partial charge in [0, 0.05) is 0 Å². The van der Waals surface area contributed by atoms with Gasteiger partial charge in [-0.25, -0.2) is 9.59 Å². The lowest BCUT2D eigenvalue weighted by Crippen LogP contribution is -2.43. The van der Waals surface area contributed by atoms with Crippen molar-refractivity contribution in [3.63, 3.8) is 0 Å². The number of rotatable bonds is 8. The van der Waals surface area contributed by atoms with E-state index in [2.05, 4.69) is 20.1 Å². The molecular formula is C17H23N3O6. The van der Waals surface area contributed by atoms with E-state index >= 15 is 0 Å². The fourth-order valence-corrected chi connectivity index (χ4v) is 2.08. The van der Waals surface area contributed by atoms with Crippen LogP contribution in [0.2, 0.25) is 0 Å². The van der Waals surface area contributed by atoms with Gasteiger partial charge in [0.1, 0.15) is 0 Å². The highest BCUT2D eigenvalue weighted by Crippen LogP contribution is 2.15. The number of carbonyl (C=O) groups excluding carboxylic acids is 4. The summed E-state index contributed by atoms with van der Waals surface area (Å²) in [7, 11) is 1.25. The summed E-state index contributed by atoms with van der Waals surface area (Å²) in [6.07, 6.45) is -0.829. The van der Waals surface area contributed by atoms with Gasteiger partial charge in [-0.3, -0.25) is 19.8 Å². The molecule has 0 aliphatic rings. The summed E-state index contributed by atoms with van der Waals surface area (Å²) in [6, 6.07) is 6.44. The van der Waals surface area contributed by atoms with Crippen LogP contribution in [0.4, 0.5) is 10.5 Å². The van der Waals surface area contributed by atoms with E-state index in [9.17, 15) is 19.2 Å². The van der Waals surface area contributed by atoms with Crippen LogP contribution in [0.25, 0.3) is 0 Å². The summed E-state index contributed by atoms with van der Waals surface area (Å²) >= 11 is 0. The Labute approximate surface area is 151 Å². The van der Waals surface area contributed by atoms with Crippen molar-refractivity contribution in [2.24, 2.45) is 0 Å². The Kier molecular flexibility index (Phi) is 8.79. The predicted molar refractivity (Wildman–Crippen MR) is 93.7 cm³/mol. The Hall–Kier alpha value is -2.94. The zero-order valence-electron chi connectivity index (χ0n) is 15.0. The van der Waals surface area contributed by atoms with Crippen molar-refractivity contribution in [2.75, 3.05) is 38.7 Å². The molecule has 0 aromatic heterocycles. The van der Waals surface area contributed by atoms with E-state index in [4.69, 9.17) is 0 Å². The predicted octanol–water partition coefficient (Wildman–Crippen LogP) is 1.01. The first kappa shape index (κ1) is 21.1. The molecule has 0 unspecified atom stereocenters. The number of carbonyl (C=O) groups is 4. The third-order valence-corrected chi connectivity index (χ3v) is 3.31. The average Bonchev–Trinajstić information content (AvgIpc) is 2.60. The smallest absolute Gasteiger partial charge is 0.413 e. The number of alkyl carbamates (subject to hydrolysis) is 1. The van der Waals surface area contributed by atoms with Crippen molar-refractivity contribution in [3.05, 3.63) is 29.8 Å². The largest absolute Gasteiger partial charge is 0.465 e. The number of nitrogens with zero attached hydrogens (tertiary/aromatic N) is 1. The van der Waals surface area contributed by atoms with E-state index in [0.29, 0.717) is 12.2 Å². The van der Waals surface area contributed by atoms with Gasteiger partial charge >= 0.3 is 12.1 Å². The summed E-state index contributed by atoms with van der Waals surface area (Å²) in [5.74, 6) is -1.55. The molecule has 0 heterocycles. The van der Waals surface area contributed by atoms with Crippen LogP contribution in [0, 0.1) is 0 Å². The number of esters is 1. The summed E-state index contributed by atoms with van der Waals surface area (Å²) in [6.45, 7) is 3.71. The number of imide groups is 1. The van der Waals surface area contributed by atoms with Crippen LogP contribution in [-0.2, 0) is 19.1 Å². The molecule has 0 fully saturated rings. The summed E-state index contributed by atoms with van der Waals surface area (Å²) in [5.41, 5.74) is 0.544. The number of likely N-dealkylation sites (N-methyl/N-ethyl adjacent to an activating group) is 1. The van der Waals surface area contributed by atoms with Gasteiger partial charge in [-0.05, 0) is 25.6 Å². The molecule has 0 bridgehead atoms. The standard InChI is InChI=1S/C17H23N3O6/c1-4-20(11-15(22)19-17(24)26-5-2)10-14(21)18-13-9-7-6-8-12(13)16(23)25-3/h6-9H,4-5,10-11H2,1-3H3,(H,18,21)(H,19,22,24). The molecule has 1 rings (SSSR count). The molecule has 0 saturated heterocycles. The van der Waals surface area contributed by atoms with Crippen LogP contribution in [0.5, 0.6) is 0 Å². The molecule has 142 valence electrons. The Balaban J connectivity index is 2.64. The van der Waals surface area contributed by atoms with Crippen molar-refractivity contribution in [1.29, 1.82) is 0 Å². The van der Waals surface area contributed by atoms with Crippen molar-refractivity contribution >= 4 is 29.6 Å². The zero-order chi connectivity index (χ0) is 19.5. The minimum absolute atomic E-state index is 0.0950. The molecular weight excluding hydrogens is 342 g/mol. The van der Waals surface area contributed by atoms with E-state index in [-0.39, 0.29) is 25.3 Å². The molecule has 9 nitrogen and oxygen atoms in total. The van der Waals surface area contributed by atoms with E-state index < -0.39 is 23.9 Å². The molecule has 0 spiro atoms. The fraction of sp³-hybridized carbons (Fsp3) is 0.412. The quantitative estimate of drug-likeness (QED) is 0.661. The molecule has 0 saturated carbocycles. The molecule has 1 aromatic rings. The van der Waals surface area contributed by atoms with Crippen molar-refractivity contribution in [2.45, 2.75) is 13.8 Å². The van der Waals surface area contributed by atoms with Crippen LogP contribution in [-0.4, -0.2) is 62.1 Å². The maximum absolute atomic E-state index is 12.2. The maximum Gasteiger partial charge on any atom is 0.413 e. The summed E-state index contributed by atoms with van der Waals surface area (Å²) in [4.78, 5) is 48.5. The Morgan fingerprint density at radius 2 is 1.69 bits per heavy atom. The third-order valence-electron chi connectivity index (χ3n) is 3.31. The number of nitrogens with one attached hydrogen (secondary N) is 2. The van der Waals surface area contributed by atoms with Crippen molar-refractivity contribution in [3.8, 4) is 0 Å². The highest BCUT2D eigenvalue weighted by Gasteiger charge is 2.17. The SMILES string of the molecule is CCOC(=O)NC(=O)CN(CC)CC(=O)Nc1ccccc1C(=O)OC. The van der Waals surface area contributed by atoms with Crippen LogP contribution in [0.1, 0.15) is 24.2 Å². The molecule has 2 N–H and O–H groups in total. The van der Waals surface area contributed by atoms with Gasteiger partial charge in [0.2, 0.25) is 11.8 Å². The Morgan fingerprint density at radius 3 is 2.31 bits per heavy atom. The highest BCUT2D eigenvalue weighted by atomic mass is 16.5. The van der Waals surface area contributed by atoms with Gasteiger partial charge in [-0.1, -0.05) is 19.1 Å². The number of ether oxygens (including phenoxy) is 2. The van der Waals surface area contributed by atoms with E-state index in [1.165, 1.54) is 18.1 Å². The van der Waals surface area contributed by atoms with Crippen LogP contribution >= 0.6 is 0 Å². The number of hydrogen-bond donors (Lipinski definition) is 2. The van der Waals surface area contributed by atoms with Crippen LogP contribution in [0.3, 0.4) is 0 Å². The lowest BCUT2D eigenvalue weighted by atomic mass is 10.2. The number of amides is 3. The molecule has 1 aromatic carbocycles. The van der Waals surface area contributed by atoms with Gasteiger partial charge in [-0.2, -0.15) is 0 Å². The van der Waals surface area contributed by atoms with Crippen molar-refractivity contribution < 1.29 is 28.7 Å². The van der Waals surface area contributed by atoms with Gasteiger partial charge in [-0.15, -0.1) is 0 Å². The van der Waals surface area contributed by atoms with Gasteiger partial charge in [0.05, 0.1) is 38.1 Å². The number of benzene rings is 1. The Morgan fingerprint density at radius 1 is 1.04 bits per heavy atom. The summed E-state index contributed by atoms with van der Waals surface area (Å²) in [5, 5.41) is 4.69. The fourth-order valence-electron chi connectivity index (χ4n) is 2.08. The van der Waals surface area contributed by atoms with Gasteiger partial charge in [0.15, 0.2) is 0 Å². The van der Waals surface area contributed by atoms with Crippen molar-refractivity contribution in [1.82, 2.24) is 10.2 Å². The molecule has 0 atom stereocenters. The number of hydrogen-bond acceptors (Lipinski definition) is 7. The second kappa shape index (κ2) is 10.8. The zero-order valence-corrected chi connectivity index (χ0v) is 15.0. The monoisotopic (exact) mass is 365 g/mol. The molecule has 0 aliphatic heterocycles. The van der Waals surface area contributed by atoms with Crippen LogP contribution < -0.4 is 10.6 Å².